The molecule has 0 aromatic heterocycles. The minimum atomic E-state index is -0.866. The lowest BCUT2D eigenvalue weighted by Crippen LogP contribution is -2.45. The fourth-order valence-corrected chi connectivity index (χ4v) is 6.33. The van der Waals surface area contributed by atoms with Crippen LogP contribution < -0.4 is 5.32 Å². The van der Waals surface area contributed by atoms with Crippen molar-refractivity contribution in [3.05, 3.63) is 36.5 Å². The van der Waals surface area contributed by atoms with E-state index in [1.165, 1.54) is 161 Å². The monoisotopic (exact) mass is 674 g/mol. The molecule has 2 unspecified atom stereocenters. The molecule has 3 N–H and O–H groups in total. The molecule has 0 fully saturated rings. The summed E-state index contributed by atoms with van der Waals surface area (Å²) in [6, 6.07) is -0.641. The Morgan fingerprint density at radius 1 is 0.479 bits per heavy atom. The number of unbranched alkanes of at least 4 members (excludes halogenated alkanes) is 27. The van der Waals surface area contributed by atoms with Crippen LogP contribution >= 0.6 is 0 Å². The van der Waals surface area contributed by atoms with Gasteiger partial charge in [0, 0.05) is 6.42 Å². The lowest BCUT2D eigenvalue weighted by atomic mass is 10.0. The number of hydrogen-bond acceptors (Lipinski definition) is 3. The Kier molecular flexibility index (Phi) is 38.9. The van der Waals surface area contributed by atoms with Gasteiger partial charge in [0.15, 0.2) is 0 Å². The van der Waals surface area contributed by atoms with Crippen molar-refractivity contribution in [3.63, 3.8) is 0 Å². The van der Waals surface area contributed by atoms with Gasteiger partial charge in [-0.15, -0.1) is 0 Å². The van der Waals surface area contributed by atoms with E-state index in [1.54, 1.807) is 6.08 Å². The van der Waals surface area contributed by atoms with Crippen molar-refractivity contribution in [1.82, 2.24) is 5.32 Å². The molecule has 48 heavy (non-hydrogen) atoms. The Balaban J connectivity index is 3.63. The summed E-state index contributed by atoms with van der Waals surface area (Å²) in [7, 11) is 0. The number of carbonyl (C=O) groups is 1. The molecule has 0 aliphatic rings. The Morgan fingerprint density at radius 2 is 0.812 bits per heavy atom. The van der Waals surface area contributed by atoms with E-state index in [2.05, 4.69) is 43.5 Å². The highest BCUT2D eigenvalue weighted by Gasteiger charge is 2.17. The lowest BCUT2D eigenvalue weighted by Gasteiger charge is -2.19. The third kappa shape index (κ3) is 35.9. The van der Waals surface area contributed by atoms with Crippen molar-refractivity contribution in [3.8, 4) is 0 Å². The number of allylic oxidation sites excluding steroid dienone is 5. The van der Waals surface area contributed by atoms with Crippen molar-refractivity contribution in [2.24, 2.45) is 0 Å². The van der Waals surface area contributed by atoms with Crippen molar-refractivity contribution < 1.29 is 15.0 Å². The first-order valence-electron chi connectivity index (χ1n) is 21.2. The van der Waals surface area contributed by atoms with Gasteiger partial charge >= 0.3 is 0 Å². The molecule has 0 radical (unpaired) electrons. The molecule has 2 atom stereocenters. The van der Waals surface area contributed by atoms with Crippen LogP contribution in [0.1, 0.15) is 219 Å². The molecule has 0 aliphatic carbocycles. The molecule has 0 spiro atoms. The standard InChI is InChI=1S/C44H83NO3/c1-3-5-7-9-11-13-15-17-18-19-20-21-22-23-24-25-26-28-29-31-33-35-37-39-43(47)42(41-46)45-44(48)40-38-36-34-32-30-27-16-14-12-10-8-6-4-2/h24-25,29,31,37,39,42-43,46-47H,3-23,26-28,30,32-36,38,40-41H2,1-2H3,(H,45,48)/b25-24+,31-29+,39-37+. The smallest absolute Gasteiger partial charge is 0.220 e. The predicted octanol–water partition coefficient (Wildman–Crippen LogP) is 13.0. The van der Waals surface area contributed by atoms with Crippen LogP contribution in [0.2, 0.25) is 0 Å². The molecule has 4 heteroatoms. The molecule has 0 rings (SSSR count). The van der Waals surface area contributed by atoms with Gasteiger partial charge in [0.1, 0.15) is 0 Å². The Hall–Kier alpha value is -1.39. The van der Waals surface area contributed by atoms with Gasteiger partial charge in [-0.1, -0.05) is 204 Å². The van der Waals surface area contributed by atoms with E-state index >= 15 is 0 Å². The number of carbonyl (C=O) groups excluding carboxylic acids is 1. The van der Waals surface area contributed by atoms with E-state index in [1.807, 2.05) is 6.08 Å². The maximum atomic E-state index is 12.3. The van der Waals surface area contributed by atoms with Crippen LogP contribution in [0.4, 0.5) is 0 Å². The zero-order valence-electron chi connectivity index (χ0n) is 32.3. The van der Waals surface area contributed by atoms with Crippen LogP contribution in [-0.2, 0) is 4.79 Å². The van der Waals surface area contributed by atoms with E-state index in [9.17, 15) is 15.0 Å². The van der Waals surface area contributed by atoms with Crippen LogP contribution in [0.25, 0.3) is 0 Å². The van der Waals surface area contributed by atoms with Crippen LogP contribution in [0, 0.1) is 0 Å². The Labute approximate surface area is 300 Å². The normalized spacial score (nSPS) is 13.3. The molecular weight excluding hydrogens is 590 g/mol. The highest BCUT2D eigenvalue weighted by atomic mass is 16.3. The maximum absolute atomic E-state index is 12.3. The van der Waals surface area contributed by atoms with Gasteiger partial charge in [-0.3, -0.25) is 4.79 Å². The summed E-state index contributed by atoms with van der Waals surface area (Å²) in [6.45, 7) is 4.29. The molecule has 0 aromatic carbocycles. The summed E-state index contributed by atoms with van der Waals surface area (Å²) in [4.78, 5) is 12.3. The number of aliphatic hydroxyl groups is 2. The van der Waals surface area contributed by atoms with E-state index < -0.39 is 12.1 Å². The van der Waals surface area contributed by atoms with E-state index in [0.29, 0.717) is 6.42 Å². The molecule has 0 bridgehead atoms. The van der Waals surface area contributed by atoms with Crippen molar-refractivity contribution in [2.75, 3.05) is 6.61 Å². The second-order valence-electron chi connectivity index (χ2n) is 14.4. The summed E-state index contributed by atoms with van der Waals surface area (Å²) in [5.74, 6) is -0.0779. The van der Waals surface area contributed by atoms with Crippen LogP contribution in [0.3, 0.4) is 0 Å². The first-order chi connectivity index (χ1) is 23.7. The van der Waals surface area contributed by atoms with E-state index in [4.69, 9.17) is 0 Å². The van der Waals surface area contributed by atoms with Gasteiger partial charge in [0.05, 0.1) is 18.8 Å². The highest BCUT2D eigenvalue weighted by Crippen LogP contribution is 2.14. The van der Waals surface area contributed by atoms with Gasteiger partial charge in [0.25, 0.3) is 0 Å². The topological polar surface area (TPSA) is 69.6 Å². The second kappa shape index (κ2) is 40.0. The SMILES string of the molecule is CCCCCCCCCCCCCCC/C=C/CC/C=C/CC/C=C/C(O)C(CO)NC(=O)CCCCCCCCCCCCCCC. The molecule has 0 aromatic rings. The number of nitrogens with one attached hydrogen (secondary N) is 1. The first kappa shape index (κ1) is 46.6. The van der Waals surface area contributed by atoms with Crippen molar-refractivity contribution in [1.29, 1.82) is 0 Å². The van der Waals surface area contributed by atoms with Gasteiger partial charge < -0.3 is 15.5 Å². The number of aliphatic hydroxyl groups excluding tert-OH is 2. The molecule has 0 saturated carbocycles. The van der Waals surface area contributed by atoms with E-state index in [0.717, 1.165) is 38.5 Å². The fraction of sp³-hybridized carbons (Fsp3) is 0.841. The third-order valence-electron chi connectivity index (χ3n) is 9.60. The molecule has 0 saturated heterocycles. The summed E-state index contributed by atoms with van der Waals surface area (Å²) in [5.41, 5.74) is 0. The largest absolute Gasteiger partial charge is 0.394 e. The molecule has 0 aliphatic heterocycles. The van der Waals surface area contributed by atoms with Crippen LogP contribution in [-0.4, -0.2) is 34.9 Å². The lowest BCUT2D eigenvalue weighted by molar-refractivity contribution is -0.123. The minimum Gasteiger partial charge on any atom is -0.394 e. The second-order valence-corrected chi connectivity index (χ2v) is 14.4. The van der Waals surface area contributed by atoms with Gasteiger partial charge in [0.2, 0.25) is 5.91 Å². The first-order valence-corrected chi connectivity index (χ1v) is 21.2. The average Bonchev–Trinajstić information content (AvgIpc) is 3.09. The zero-order chi connectivity index (χ0) is 35.0. The van der Waals surface area contributed by atoms with Crippen molar-refractivity contribution in [2.45, 2.75) is 231 Å². The third-order valence-corrected chi connectivity index (χ3v) is 9.60. The summed E-state index contributed by atoms with van der Waals surface area (Å²) >= 11 is 0. The fourth-order valence-electron chi connectivity index (χ4n) is 6.33. The minimum absolute atomic E-state index is 0.0779. The molecule has 282 valence electrons. The zero-order valence-corrected chi connectivity index (χ0v) is 32.3. The molecule has 0 heterocycles. The Morgan fingerprint density at radius 3 is 1.21 bits per heavy atom. The maximum Gasteiger partial charge on any atom is 0.220 e. The Bertz CT molecular complexity index is 731. The molecular formula is C44H83NO3. The van der Waals surface area contributed by atoms with Crippen LogP contribution in [0.5, 0.6) is 0 Å². The number of rotatable bonds is 38. The quantitative estimate of drug-likeness (QED) is 0.0451. The highest BCUT2D eigenvalue weighted by molar-refractivity contribution is 5.76. The number of amides is 1. The van der Waals surface area contributed by atoms with E-state index in [-0.39, 0.29) is 12.5 Å². The van der Waals surface area contributed by atoms with Gasteiger partial charge in [-0.2, -0.15) is 0 Å². The van der Waals surface area contributed by atoms with Gasteiger partial charge in [-0.25, -0.2) is 0 Å². The van der Waals surface area contributed by atoms with Crippen LogP contribution in [0.15, 0.2) is 36.5 Å². The summed E-state index contributed by atoms with van der Waals surface area (Å²) in [5, 5.41) is 22.9. The average molecular weight is 674 g/mol. The number of hydrogen-bond donors (Lipinski definition) is 3. The summed E-state index contributed by atoms with van der Waals surface area (Å²) < 4.78 is 0. The molecule has 1 amide bonds. The predicted molar refractivity (Wildman–Crippen MR) is 212 cm³/mol. The summed E-state index contributed by atoms with van der Waals surface area (Å²) in [6.07, 6.45) is 52.5. The van der Waals surface area contributed by atoms with Gasteiger partial charge in [-0.05, 0) is 44.9 Å². The molecule has 4 nitrogen and oxygen atoms in total. The van der Waals surface area contributed by atoms with Crippen molar-refractivity contribution >= 4 is 5.91 Å².